The molecule has 0 radical (unpaired) electrons. The highest BCUT2D eigenvalue weighted by Crippen LogP contribution is 2.12. The number of rotatable bonds is 51. The highest BCUT2D eigenvalue weighted by Gasteiger charge is 2.19. The fraction of sp³-hybridized carbons (Fsp3) is 0.551. The first kappa shape index (κ1) is 69.8. The average molecular weight is 1030 g/mol. The molecule has 0 saturated heterocycles. The lowest BCUT2D eigenvalue weighted by Gasteiger charge is -2.18. The minimum atomic E-state index is -0.822. The largest absolute Gasteiger partial charge is 0.462 e. The quantitative estimate of drug-likeness (QED) is 0.0261. The highest BCUT2D eigenvalue weighted by atomic mass is 16.6. The van der Waals surface area contributed by atoms with E-state index in [0.717, 1.165) is 148 Å². The van der Waals surface area contributed by atoms with Gasteiger partial charge in [0.2, 0.25) is 0 Å². The number of carbonyl (C=O) groups excluding carboxylic acids is 3. The van der Waals surface area contributed by atoms with Crippen molar-refractivity contribution < 1.29 is 28.6 Å². The summed E-state index contributed by atoms with van der Waals surface area (Å²) < 4.78 is 16.7. The van der Waals surface area contributed by atoms with Gasteiger partial charge in [-0.2, -0.15) is 0 Å². The Hall–Kier alpha value is -5.23. The number of hydrogen-bond donors (Lipinski definition) is 0. The molecule has 0 aliphatic carbocycles. The summed E-state index contributed by atoms with van der Waals surface area (Å²) in [6.45, 7) is 6.27. The second-order valence-electron chi connectivity index (χ2n) is 18.8. The van der Waals surface area contributed by atoms with Gasteiger partial charge >= 0.3 is 17.9 Å². The number of unbranched alkanes of at least 4 members (excludes halogenated alkanes) is 12. The van der Waals surface area contributed by atoms with Crippen LogP contribution in [0.3, 0.4) is 0 Å². The zero-order valence-corrected chi connectivity index (χ0v) is 47.7. The predicted octanol–water partition coefficient (Wildman–Crippen LogP) is 20.3. The van der Waals surface area contributed by atoms with Gasteiger partial charge in [0.25, 0.3) is 0 Å². The Kier molecular flexibility index (Phi) is 57.0. The van der Waals surface area contributed by atoms with E-state index >= 15 is 0 Å². The van der Waals surface area contributed by atoms with Crippen LogP contribution in [0, 0.1) is 0 Å². The van der Waals surface area contributed by atoms with Gasteiger partial charge in [-0.15, -0.1) is 0 Å². The summed E-state index contributed by atoms with van der Waals surface area (Å²) in [5.41, 5.74) is 0. The van der Waals surface area contributed by atoms with Crippen LogP contribution in [0.25, 0.3) is 0 Å². The molecule has 1 atom stereocenters. The Morgan fingerprint density at radius 2 is 0.520 bits per heavy atom. The molecule has 0 aromatic carbocycles. The molecule has 0 aliphatic heterocycles. The maximum atomic E-state index is 12.8. The molecule has 0 heterocycles. The molecule has 0 bridgehead atoms. The molecule has 0 rings (SSSR count). The van der Waals surface area contributed by atoms with Crippen molar-refractivity contribution >= 4 is 17.9 Å². The summed E-state index contributed by atoms with van der Waals surface area (Å²) in [4.78, 5) is 38.0. The van der Waals surface area contributed by atoms with Gasteiger partial charge in [-0.25, -0.2) is 0 Å². The molecule has 0 aromatic heterocycles. The van der Waals surface area contributed by atoms with Gasteiger partial charge < -0.3 is 14.2 Å². The minimum Gasteiger partial charge on any atom is -0.462 e. The molecule has 0 fully saturated rings. The third-order valence-electron chi connectivity index (χ3n) is 11.7. The molecule has 418 valence electrons. The Morgan fingerprint density at radius 1 is 0.280 bits per heavy atom. The van der Waals surface area contributed by atoms with E-state index < -0.39 is 6.10 Å². The topological polar surface area (TPSA) is 78.9 Å². The van der Waals surface area contributed by atoms with E-state index in [-0.39, 0.29) is 44.0 Å². The SMILES string of the molecule is CC/C=C\C/C=C\C/C=C\C/C=C\C/C=C\C/C=C\C/C=C\C/C=C\C/C=C\C/C=C\CCCCC(=O)OCC(COC(=O)CCCCCCC/C=C\CCCC)OC(=O)CCCCC/C=C\C/C=C\C/C=C\CC. The van der Waals surface area contributed by atoms with Crippen molar-refractivity contribution in [2.24, 2.45) is 0 Å². The molecule has 0 aromatic rings. The smallest absolute Gasteiger partial charge is 0.306 e. The van der Waals surface area contributed by atoms with Gasteiger partial charge in [-0.3, -0.25) is 14.4 Å². The van der Waals surface area contributed by atoms with Crippen LogP contribution in [0.4, 0.5) is 0 Å². The molecule has 0 spiro atoms. The normalized spacial score (nSPS) is 13.4. The van der Waals surface area contributed by atoms with Crippen LogP contribution in [0.15, 0.2) is 170 Å². The Balaban J connectivity index is 4.37. The molecule has 6 heteroatoms. The van der Waals surface area contributed by atoms with Crippen molar-refractivity contribution in [3.05, 3.63) is 170 Å². The number of ether oxygens (including phenoxy) is 3. The van der Waals surface area contributed by atoms with Crippen LogP contribution >= 0.6 is 0 Å². The minimum absolute atomic E-state index is 0.116. The summed E-state index contributed by atoms with van der Waals surface area (Å²) >= 11 is 0. The van der Waals surface area contributed by atoms with E-state index in [1.807, 2.05) is 0 Å². The second-order valence-corrected chi connectivity index (χ2v) is 18.8. The van der Waals surface area contributed by atoms with Crippen LogP contribution in [-0.2, 0) is 28.6 Å². The van der Waals surface area contributed by atoms with Crippen LogP contribution < -0.4 is 0 Å². The monoisotopic (exact) mass is 1030 g/mol. The van der Waals surface area contributed by atoms with E-state index in [4.69, 9.17) is 14.2 Å². The standard InChI is InChI=1S/C69H106O6/c1-4-7-10-13-16-19-22-24-25-26-27-28-29-30-31-32-33-34-35-36-37-38-39-40-41-42-43-45-47-50-53-56-59-62-68(71)74-65-66(64-73-67(70)61-58-55-52-49-46-21-18-15-12-9-6-3)75-69(72)63-60-57-54-51-48-44-23-20-17-14-11-8-5-2/h7-8,10-11,15-20,24-25,27-28,30-31,33-34,36-37,39-40,42-44,47-48,50,66H,4-6,9,12-14,21-23,26,29,32,35,38,41,45-46,49,51-65H2,1-3H3/b10-7-,11-8-,18-15-,19-16-,20-17-,25-24-,28-27-,31-30-,34-33-,37-36-,40-39-,43-42-,48-44-,50-47-. The van der Waals surface area contributed by atoms with Gasteiger partial charge in [0, 0.05) is 19.3 Å². The molecule has 0 aliphatic rings. The molecule has 1 unspecified atom stereocenters. The lowest BCUT2D eigenvalue weighted by atomic mass is 10.1. The fourth-order valence-corrected chi connectivity index (χ4v) is 7.29. The van der Waals surface area contributed by atoms with E-state index in [2.05, 4.69) is 191 Å². The third kappa shape index (κ3) is 59.5. The van der Waals surface area contributed by atoms with Crippen molar-refractivity contribution in [2.75, 3.05) is 13.2 Å². The molecule has 0 N–H and O–H groups in total. The molecule has 0 amide bonds. The van der Waals surface area contributed by atoms with Crippen LogP contribution in [0.1, 0.15) is 226 Å². The van der Waals surface area contributed by atoms with Gasteiger partial charge in [0.15, 0.2) is 6.10 Å². The van der Waals surface area contributed by atoms with Gasteiger partial charge in [0.05, 0.1) is 0 Å². The van der Waals surface area contributed by atoms with Crippen LogP contribution in [0.2, 0.25) is 0 Å². The third-order valence-corrected chi connectivity index (χ3v) is 11.7. The van der Waals surface area contributed by atoms with Crippen molar-refractivity contribution in [1.82, 2.24) is 0 Å². The van der Waals surface area contributed by atoms with Gasteiger partial charge in [-0.05, 0) is 148 Å². The highest BCUT2D eigenvalue weighted by molar-refractivity contribution is 5.71. The van der Waals surface area contributed by atoms with E-state index in [1.165, 1.54) is 25.7 Å². The lowest BCUT2D eigenvalue weighted by Crippen LogP contribution is -2.30. The Morgan fingerprint density at radius 3 is 0.867 bits per heavy atom. The summed E-state index contributed by atoms with van der Waals surface area (Å²) in [6, 6.07) is 0. The van der Waals surface area contributed by atoms with E-state index in [1.54, 1.807) is 0 Å². The first-order valence-electron chi connectivity index (χ1n) is 29.6. The van der Waals surface area contributed by atoms with Crippen molar-refractivity contribution in [2.45, 2.75) is 232 Å². The predicted molar refractivity (Wildman–Crippen MR) is 325 cm³/mol. The molecule has 75 heavy (non-hydrogen) atoms. The first-order valence-corrected chi connectivity index (χ1v) is 29.6. The molecular weight excluding hydrogens is 925 g/mol. The average Bonchev–Trinajstić information content (AvgIpc) is 3.41. The lowest BCUT2D eigenvalue weighted by molar-refractivity contribution is -0.167. The van der Waals surface area contributed by atoms with E-state index in [9.17, 15) is 14.4 Å². The summed E-state index contributed by atoms with van der Waals surface area (Å²) in [5.74, 6) is -1.01. The number of carbonyl (C=O) groups is 3. The van der Waals surface area contributed by atoms with Crippen molar-refractivity contribution in [1.29, 1.82) is 0 Å². The number of allylic oxidation sites excluding steroid dienone is 28. The van der Waals surface area contributed by atoms with Gasteiger partial charge in [-0.1, -0.05) is 229 Å². The number of esters is 3. The zero-order valence-electron chi connectivity index (χ0n) is 47.7. The van der Waals surface area contributed by atoms with E-state index in [0.29, 0.717) is 19.3 Å². The van der Waals surface area contributed by atoms with Crippen LogP contribution in [-0.4, -0.2) is 37.2 Å². The van der Waals surface area contributed by atoms with Crippen molar-refractivity contribution in [3.8, 4) is 0 Å². The number of hydrogen-bond acceptors (Lipinski definition) is 6. The molecular formula is C69H106O6. The Bertz CT molecular complexity index is 1750. The summed E-state index contributed by atoms with van der Waals surface area (Å²) in [7, 11) is 0. The van der Waals surface area contributed by atoms with Gasteiger partial charge in [0.1, 0.15) is 13.2 Å². The maximum absolute atomic E-state index is 12.8. The second kappa shape index (κ2) is 61.3. The fourth-order valence-electron chi connectivity index (χ4n) is 7.29. The summed E-state index contributed by atoms with van der Waals surface area (Å²) in [6.07, 6.45) is 90.8. The molecule has 0 saturated carbocycles. The first-order chi connectivity index (χ1) is 37.0. The van der Waals surface area contributed by atoms with Crippen molar-refractivity contribution in [3.63, 3.8) is 0 Å². The summed E-state index contributed by atoms with van der Waals surface area (Å²) in [5, 5.41) is 0. The zero-order chi connectivity index (χ0) is 54.3. The van der Waals surface area contributed by atoms with Crippen LogP contribution in [0.5, 0.6) is 0 Å². The Labute approximate surface area is 460 Å². The maximum Gasteiger partial charge on any atom is 0.306 e. The molecule has 6 nitrogen and oxygen atoms in total.